The maximum Gasteiger partial charge on any atom is 0.248 e. The van der Waals surface area contributed by atoms with Crippen LogP contribution in [0.15, 0.2) is 71.6 Å². The number of hydrogen-bond donors (Lipinski definition) is 3. The number of carbonyl (C=O) groups excluding carboxylic acids is 1. The fourth-order valence-corrected chi connectivity index (χ4v) is 4.40. The Morgan fingerprint density at radius 3 is 2.28 bits per heavy atom. The van der Waals surface area contributed by atoms with Crippen molar-refractivity contribution in [3.8, 4) is 11.3 Å². The molecule has 4 N–H and O–H groups in total. The lowest BCUT2D eigenvalue weighted by Gasteiger charge is -2.13. The number of nitrogens with zero attached hydrogens (tertiary/aromatic N) is 2. The molecular formula is C23H21N5O3S. The number of anilines is 2. The van der Waals surface area contributed by atoms with E-state index < -0.39 is 15.9 Å². The average molecular weight is 448 g/mol. The van der Waals surface area contributed by atoms with E-state index in [1.165, 1.54) is 7.05 Å². The van der Waals surface area contributed by atoms with Crippen molar-refractivity contribution in [1.29, 1.82) is 0 Å². The van der Waals surface area contributed by atoms with Crippen molar-refractivity contribution in [2.45, 2.75) is 11.8 Å². The lowest BCUT2D eigenvalue weighted by molar-refractivity contribution is 0.100. The first-order chi connectivity index (χ1) is 15.3. The monoisotopic (exact) mass is 447 g/mol. The lowest BCUT2D eigenvalue weighted by atomic mass is 10.0. The standard InChI is InChI=1S/C23H21N5O3S/c1-14-7-8-16(13-20(14)32(30,31)25-2)21-18-5-3-4-6-19(18)23(28-27-21)26-17-11-9-15(10-12-17)22(24)29/h3-13,25H,1-2H3,(H2,24,29)(H,26,28). The van der Waals surface area contributed by atoms with E-state index in [9.17, 15) is 13.2 Å². The van der Waals surface area contributed by atoms with Gasteiger partial charge in [0.15, 0.2) is 5.82 Å². The Labute approximate surface area is 185 Å². The van der Waals surface area contributed by atoms with Crippen molar-refractivity contribution in [3.05, 3.63) is 77.9 Å². The highest BCUT2D eigenvalue weighted by molar-refractivity contribution is 7.89. The van der Waals surface area contributed by atoms with Gasteiger partial charge in [-0.1, -0.05) is 36.4 Å². The molecule has 162 valence electrons. The smallest absolute Gasteiger partial charge is 0.248 e. The molecule has 0 radical (unpaired) electrons. The predicted molar refractivity (Wildman–Crippen MR) is 124 cm³/mol. The van der Waals surface area contributed by atoms with Crippen molar-refractivity contribution in [2.24, 2.45) is 5.73 Å². The van der Waals surface area contributed by atoms with Crippen LogP contribution in [0.3, 0.4) is 0 Å². The third-order valence-electron chi connectivity index (χ3n) is 5.14. The second-order valence-corrected chi connectivity index (χ2v) is 9.05. The summed E-state index contributed by atoms with van der Waals surface area (Å²) >= 11 is 0. The summed E-state index contributed by atoms with van der Waals surface area (Å²) in [5, 5.41) is 13.6. The molecule has 1 heterocycles. The second kappa shape index (κ2) is 8.37. The van der Waals surface area contributed by atoms with Crippen molar-refractivity contribution < 1.29 is 13.2 Å². The van der Waals surface area contributed by atoms with Gasteiger partial charge in [-0.05, 0) is 49.9 Å². The summed E-state index contributed by atoms with van der Waals surface area (Å²) in [5.41, 5.74) is 8.28. The Balaban J connectivity index is 1.80. The summed E-state index contributed by atoms with van der Waals surface area (Å²) < 4.78 is 27.2. The van der Waals surface area contributed by atoms with Crippen LogP contribution in [0.25, 0.3) is 22.0 Å². The number of nitrogens with one attached hydrogen (secondary N) is 2. The van der Waals surface area contributed by atoms with Gasteiger partial charge < -0.3 is 11.1 Å². The molecule has 0 spiro atoms. The molecule has 9 heteroatoms. The van der Waals surface area contributed by atoms with Crippen LogP contribution >= 0.6 is 0 Å². The molecular weight excluding hydrogens is 426 g/mol. The number of primary amides is 1. The van der Waals surface area contributed by atoms with E-state index in [4.69, 9.17) is 5.73 Å². The van der Waals surface area contributed by atoms with Crippen LogP contribution in [0.5, 0.6) is 0 Å². The van der Waals surface area contributed by atoms with E-state index in [2.05, 4.69) is 20.2 Å². The number of sulfonamides is 1. The van der Waals surface area contributed by atoms with E-state index in [1.54, 1.807) is 43.3 Å². The van der Waals surface area contributed by atoms with Crippen LogP contribution in [0.1, 0.15) is 15.9 Å². The van der Waals surface area contributed by atoms with E-state index >= 15 is 0 Å². The van der Waals surface area contributed by atoms with Gasteiger partial charge in [-0.15, -0.1) is 10.2 Å². The van der Waals surface area contributed by atoms with Gasteiger partial charge in [0.2, 0.25) is 15.9 Å². The number of nitrogens with two attached hydrogens (primary N) is 1. The molecule has 0 saturated carbocycles. The predicted octanol–water partition coefficient (Wildman–Crippen LogP) is 3.36. The van der Waals surface area contributed by atoms with E-state index in [0.29, 0.717) is 28.2 Å². The summed E-state index contributed by atoms with van der Waals surface area (Å²) in [7, 11) is -2.23. The maximum atomic E-state index is 12.4. The first kappa shape index (κ1) is 21.4. The SMILES string of the molecule is CNS(=O)(=O)c1cc(-c2nnc(Nc3ccc(C(N)=O)cc3)c3ccccc23)ccc1C. The van der Waals surface area contributed by atoms with Gasteiger partial charge in [-0.2, -0.15) is 0 Å². The number of rotatable bonds is 6. The number of hydrogen-bond acceptors (Lipinski definition) is 6. The zero-order chi connectivity index (χ0) is 22.9. The minimum absolute atomic E-state index is 0.195. The van der Waals surface area contributed by atoms with Crippen LogP contribution in [0, 0.1) is 6.92 Å². The van der Waals surface area contributed by atoms with Gasteiger partial charge in [-0.25, -0.2) is 13.1 Å². The molecule has 3 aromatic carbocycles. The summed E-state index contributed by atoms with van der Waals surface area (Å²) in [4.78, 5) is 11.5. The molecule has 0 aliphatic rings. The molecule has 8 nitrogen and oxygen atoms in total. The number of fused-ring (bicyclic) bond motifs is 1. The van der Waals surface area contributed by atoms with Crippen molar-refractivity contribution in [2.75, 3.05) is 12.4 Å². The molecule has 0 unspecified atom stereocenters. The first-order valence-electron chi connectivity index (χ1n) is 9.77. The number of benzene rings is 3. The fraction of sp³-hybridized carbons (Fsp3) is 0.0870. The van der Waals surface area contributed by atoms with Crippen LogP contribution < -0.4 is 15.8 Å². The molecule has 0 atom stereocenters. The Morgan fingerprint density at radius 2 is 1.62 bits per heavy atom. The molecule has 4 aromatic rings. The Hall–Kier alpha value is -3.82. The van der Waals surface area contributed by atoms with Gasteiger partial charge >= 0.3 is 0 Å². The summed E-state index contributed by atoms with van der Waals surface area (Å²) in [6.07, 6.45) is 0. The molecule has 4 rings (SSSR count). The first-order valence-corrected chi connectivity index (χ1v) is 11.3. The van der Waals surface area contributed by atoms with Crippen molar-refractivity contribution in [3.63, 3.8) is 0 Å². The van der Waals surface area contributed by atoms with E-state index in [1.807, 2.05) is 30.3 Å². The quantitative estimate of drug-likeness (QED) is 0.416. The topological polar surface area (TPSA) is 127 Å². The van der Waals surface area contributed by atoms with Gasteiger partial charge in [-0.3, -0.25) is 4.79 Å². The number of carbonyl (C=O) groups is 1. The molecule has 0 aliphatic heterocycles. The molecule has 0 bridgehead atoms. The van der Waals surface area contributed by atoms with E-state index in [-0.39, 0.29) is 4.90 Å². The number of amides is 1. The van der Waals surface area contributed by atoms with Crippen molar-refractivity contribution in [1.82, 2.24) is 14.9 Å². The number of aromatic nitrogens is 2. The van der Waals surface area contributed by atoms with Crippen LogP contribution in [-0.2, 0) is 10.0 Å². The Kier molecular flexibility index (Phi) is 5.60. The van der Waals surface area contributed by atoms with Crippen LogP contribution in [0.2, 0.25) is 0 Å². The fourth-order valence-electron chi connectivity index (χ4n) is 3.41. The maximum absolute atomic E-state index is 12.4. The van der Waals surface area contributed by atoms with Crippen LogP contribution in [0.4, 0.5) is 11.5 Å². The molecule has 0 aliphatic carbocycles. The van der Waals surface area contributed by atoms with Gasteiger partial charge in [0, 0.05) is 27.6 Å². The van der Waals surface area contributed by atoms with Gasteiger partial charge in [0.25, 0.3) is 0 Å². The zero-order valence-electron chi connectivity index (χ0n) is 17.5. The lowest BCUT2D eigenvalue weighted by Crippen LogP contribution is -2.19. The van der Waals surface area contributed by atoms with Crippen LogP contribution in [-0.4, -0.2) is 31.6 Å². The highest BCUT2D eigenvalue weighted by Crippen LogP contribution is 2.32. The molecule has 32 heavy (non-hydrogen) atoms. The second-order valence-electron chi connectivity index (χ2n) is 7.20. The van der Waals surface area contributed by atoms with E-state index in [0.717, 1.165) is 16.5 Å². The molecule has 1 aromatic heterocycles. The van der Waals surface area contributed by atoms with Gasteiger partial charge in [0.05, 0.1) is 4.90 Å². The van der Waals surface area contributed by atoms with Crippen molar-refractivity contribution >= 4 is 38.2 Å². The zero-order valence-corrected chi connectivity index (χ0v) is 18.3. The third kappa shape index (κ3) is 4.03. The summed E-state index contributed by atoms with van der Waals surface area (Å²) in [5.74, 6) is 0.0373. The summed E-state index contributed by atoms with van der Waals surface area (Å²) in [6.45, 7) is 1.74. The molecule has 1 amide bonds. The number of aryl methyl sites for hydroxylation is 1. The van der Waals surface area contributed by atoms with Gasteiger partial charge in [0.1, 0.15) is 5.69 Å². The highest BCUT2D eigenvalue weighted by Gasteiger charge is 2.18. The normalized spacial score (nSPS) is 11.4. The summed E-state index contributed by atoms with van der Waals surface area (Å²) in [6, 6.07) is 19.5. The largest absolute Gasteiger partial charge is 0.366 e. The minimum atomic E-state index is -3.61. The Morgan fingerprint density at radius 1 is 0.938 bits per heavy atom. The molecule has 0 fully saturated rings. The minimum Gasteiger partial charge on any atom is -0.366 e. The molecule has 0 saturated heterocycles. The average Bonchev–Trinajstić information content (AvgIpc) is 2.80. The third-order valence-corrected chi connectivity index (χ3v) is 6.70. The Bertz CT molecular complexity index is 1430. The highest BCUT2D eigenvalue weighted by atomic mass is 32.2.